The van der Waals surface area contributed by atoms with Crippen molar-refractivity contribution < 1.29 is 23.8 Å². The number of carbonyl (C=O) groups is 2. The van der Waals surface area contributed by atoms with E-state index in [1.807, 2.05) is 35.0 Å². The standard InChI is InChI=1S/C18H20N2O5S/c1-23-17(21)6-13-10-26-11-16(13)24-9-15-8-20(18(22)25-15)14-4-2-12(7-19)3-5-14/h2-5,10-11,15H,6-9,19H2,1H3. The van der Waals surface area contributed by atoms with Crippen molar-refractivity contribution in [3.63, 3.8) is 0 Å². The predicted molar refractivity (Wildman–Crippen MR) is 97.5 cm³/mol. The van der Waals surface area contributed by atoms with Crippen molar-refractivity contribution in [3.05, 3.63) is 46.2 Å². The Kier molecular flexibility index (Phi) is 5.75. The van der Waals surface area contributed by atoms with Gasteiger partial charge in [0.15, 0.2) is 6.10 Å². The van der Waals surface area contributed by atoms with Crippen LogP contribution in [-0.2, 0) is 27.2 Å². The molecular weight excluding hydrogens is 356 g/mol. The molecule has 2 N–H and O–H groups in total. The minimum absolute atomic E-state index is 0.152. The summed E-state index contributed by atoms with van der Waals surface area (Å²) in [6.45, 7) is 1.07. The monoisotopic (exact) mass is 376 g/mol. The summed E-state index contributed by atoms with van der Waals surface area (Å²) in [6.07, 6.45) is -0.638. The SMILES string of the molecule is COC(=O)Cc1cscc1OCC1CN(c2ccc(CN)cc2)C(=O)O1. The molecule has 1 aromatic carbocycles. The lowest BCUT2D eigenvalue weighted by Gasteiger charge is -2.13. The maximum Gasteiger partial charge on any atom is 0.414 e. The van der Waals surface area contributed by atoms with Gasteiger partial charge in [-0.2, -0.15) is 0 Å². The number of cyclic esters (lactones) is 1. The van der Waals surface area contributed by atoms with Crippen LogP contribution >= 0.6 is 11.3 Å². The van der Waals surface area contributed by atoms with E-state index in [0.29, 0.717) is 18.8 Å². The molecule has 1 unspecified atom stereocenters. The summed E-state index contributed by atoms with van der Waals surface area (Å²) in [5.74, 6) is 0.287. The number of esters is 1. The predicted octanol–water partition coefficient (Wildman–Crippen LogP) is 2.33. The minimum atomic E-state index is -0.404. The fourth-order valence-electron chi connectivity index (χ4n) is 2.61. The van der Waals surface area contributed by atoms with Gasteiger partial charge in [0.05, 0.1) is 20.1 Å². The zero-order chi connectivity index (χ0) is 18.5. The van der Waals surface area contributed by atoms with Crippen LogP contribution in [0.15, 0.2) is 35.0 Å². The first-order chi connectivity index (χ1) is 12.6. The summed E-state index contributed by atoms with van der Waals surface area (Å²) in [5.41, 5.74) is 8.11. The van der Waals surface area contributed by atoms with E-state index < -0.39 is 6.09 Å². The van der Waals surface area contributed by atoms with E-state index in [0.717, 1.165) is 16.8 Å². The lowest BCUT2D eigenvalue weighted by Crippen LogP contribution is -2.26. The Labute approximate surface area is 155 Å². The van der Waals surface area contributed by atoms with Gasteiger partial charge in [-0.05, 0) is 23.1 Å². The van der Waals surface area contributed by atoms with Gasteiger partial charge in [-0.3, -0.25) is 9.69 Å². The molecule has 1 amide bonds. The van der Waals surface area contributed by atoms with Crippen LogP contribution < -0.4 is 15.4 Å². The van der Waals surface area contributed by atoms with Crippen molar-refractivity contribution in [3.8, 4) is 5.75 Å². The molecule has 1 aromatic heterocycles. The second kappa shape index (κ2) is 8.20. The summed E-state index contributed by atoms with van der Waals surface area (Å²) in [5, 5.41) is 3.66. The topological polar surface area (TPSA) is 91.1 Å². The molecule has 0 saturated carbocycles. The average Bonchev–Trinajstić information content (AvgIpc) is 3.26. The number of benzene rings is 1. The highest BCUT2D eigenvalue weighted by molar-refractivity contribution is 7.08. The number of hydrogen-bond donors (Lipinski definition) is 1. The second-order valence-electron chi connectivity index (χ2n) is 5.81. The third-order valence-electron chi connectivity index (χ3n) is 4.05. The molecule has 0 radical (unpaired) electrons. The Morgan fingerprint density at radius 2 is 2.12 bits per heavy atom. The van der Waals surface area contributed by atoms with Crippen LogP contribution in [0.1, 0.15) is 11.1 Å². The zero-order valence-electron chi connectivity index (χ0n) is 14.3. The molecule has 0 aliphatic carbocycles. The third kappa shape index (κ3) is 4.14. The van der Waals surface area contributed by atoms with E-state index in [4.69, 9.17) is 15.2 Å². The molecule has 1 atom stereocenters. The Hall–Kier alpha value is -2.58. The summed E-state index contributed by atoms with van der Waals surface area (Å²) in [4.78, 5) is 25.1. The summed E-state index contributed by atoms with van der Waals surface area (Å²) < 4.78 is 15.8. The summed E-state index contributed by atoms with van der Waals surface area (Å²) >= 11 is 1.44. The molecule has 138 valence electrons. The van der Waals surface area contributed by atoms with Crippen LogP contribution in [0.3, 0.4) is 0 Å². The van der Waals surface area contributed by atoms with Crippen molar-refractivity contribution >= 4 is 29.1 Å². The number of methoxy groups -OCH3 is 1. The first-order valence-electron chi connectivity index (χ1n) is 8.12. The molecule has 2 aromatic rings. The highest BCUT2D eigenvalue weighted by Crippen LogP contribution is 2.26. The third-order valence-corrected chi connectivity index (χ3v) is 4.82. The van der Waals surface area contributed by atoms with E-state index in [1.165, 1.54) is 18.4 Å². The number of hydrogen-bond acceptors (Lipinski definition) is 7. The number of carbonyl (C=O) groups excluding carboxylic acids is 2. The molecule has 1 saturated heterocycles. The molecule has 2 heterocycles. The van der Waals surface area contributed by atoms with Crippen LogP contribution in [0, 0.1) is 0 Å². The Morgan fingerprint density at radius 1 is 1.35 bits per heavy atom. The fourth-order valence-corrected chi connectivity index (χ4v) is 3.38. The van der Waals surface area contributed by atoms with Gasteiger partial charge in [-0.1, -0.05) is 12.1 Å². The molecule has 1 aliphatic rings. The van der Waals surface area contributed by atoms with Crippen LogP contribution in [0.25, 0.3) is 0 Å². The first-order valence-corrected chi connectivity index (χ1v) is 9.07. The van der Waals surface area contributed by atoms with Crippen LogP contribution in [0.5, 0.6) is 5.75 Å². The van der Waals surface area contributed by atoms with Gasteiger partial charge in [0, 0.05) is 23.2 Å². The number of thiophene rings is 1. The number of anilines is 1. The molecule has 8 heteroatoms. The van der Waals surface area contributed by atoms with Gasteiger partial charge in [-0.25, -0.2) is 4.79 Å². The van der Waals surface area contributed by atoms with Crippen molar-refractivity contribution in [2.24, 2.45) is 5.73 Å². The van der Waals surface area contributed by atoms with Crippen molar-refractivity contribution in [2.45, 2.75) is 19.1 Å². The van der Waals surface area contributed by atoms with Crippen molar-refractivity contribution in [2.75, 3.05) is 25.2 Å². The number of nitrogens with zero attached hydrogens (tertiary/aromatic N) is 1. The van der Waals surface area contributed by atoms with Crippen LogP contribution in [0.4, 0.5) is 10.5 Å². The van der Waals surface area contributed by atoms with E-state index in [9.17, 15) is 9.59 Å². The van der Waals surface area contributed by atoms with Gasteiger partial charge >= 0.3 is 12.1 Å². The maximum absolute atomic E-state index is 12.1. The normalized spacial score (nSPS) is 16.5. The van der Waals surface area contributed by atoms with E-state index in [1.54, 1.807) is 4.90 Å². The number of nitrogens with two attached hydrogens (primary N) is 1. The summed E-state index contributed by atoms with van der Waals surface area (Å²) in [6, 6.07) is 7.47. The van der Waals surface area contributed by atoms with E-state index in [-0.39, 0.29) is 25.1 Å². The molecule has 0 bridgehead atoms. The van der Waals surface area contributed by atoms with E-state index >= 15 is 0 Å². The quantitative estimate of drug-likeness (QED) is 0.746. The highest BCUT2D eigenvalue weighted by atomic mass is 32.1. The fraction of sp³-hybridized carbons (Fsp3) is 0.333. The second-order valence-corrected chi connectivity index (χ2v) is 6.56. The zero-order valence-corrected chi connectivity index (χ0v) is 15.2. The van der Waals surface area contributed by atoms with Gasteiger partial charge in [-0.15, -0.1) is 11.3 Å². The molecule has 26 heavy (non-hydrogen) atoms. The molecular formula is C18H20N2O5S. The van der Waals surface area contributed by atoms with Crippen LogP contribution in [0.2, 0.25) is 0 Å². The van der Waals surface area contributed by atoms with Crippen LogP contribution in [-0.4, -0.2) is 38.4 Å². The number of amides is 1. The van der Waals surface area contributed by atoms with Gasteiger partial charge < -0.3 is 19.9 Å². The largest absolute Gasteiger partial charge is 0.488 e. The molecule has 3 rings (SSSR count). The van der Waals surface area contributed by atoms with Crippen molar-refractivity contribution in [1.29, 1.82) is 0 Å². The van der Waals surface area contributed by atoms with Crippen molar-refractivity contribution in [1.82, 2.24) is 0 Å². The van der Waals surface area contributed by atoms with Gasteiger partial charge in [0.2, 0.25) is 0 Å². The Morgan fingerprint density at radius 3 is 2.81 bits per heavy atom. The van der Waals surface area contributed by atoms with Gasteiger partial charge in [0.25, 0.3) is 0 Å². The van der Waals surface area contributed by atoms with E-state index in [2.05, 4.69) is 4.74 Å². The summed E-state index contributed by atoms with van der Waals surface area (Å²) in [7, 11) is 1.35. The molecule has 1 fully saturated rings. The average molecular weight is 376 g/mol. The Balaban J connectivity index is 1.58. The van der Waals surface area contributed by atoms with Gasteiger partial charge in [0.1, 0.15) is 12.4 Å². The smallest absolute Gasteiger partial charge is 0.414 e. The lowest BCUT2D eigenvalue weighted by molar-refractivity contribution is -0.139. The number of rotatable bonds is 7. The maximum atomic E-state index is 12.1. The minimum Gasteiger partial charge on any atom is -0.488 e. The number of ether oxygens (including phenoxy) is 3. The lowest BCUT2D eigenvalue weighted by atomic mass is 10.2. The molecule has 1 aliphatic heterocycles. The highest BCUT2D eigenvalue weighted by Gasteiger charge is 2.33. The molecule has 7 nitrogen and oxygen atoms in total. The Bertz CT molecular complexity index is 774. The molecule has 0 spiro atoms. The first kappa shape index (κ1) is 18.2.